The Morgan fingerprint density at radius 1 is 1.24 bits per heavy atom. The molecule has 0 radical (unpaired) electrons. The van der Waals surface area contributed by atoms with Crippen molar-refractivity contribution < 1.29 is 14.6 Å². The Morgan fingerprint density at radius 3 is 2.81 bits per heavy atom. The van der Waals surface area contributed by atoms with Crippen LogP contribution in [0.5, 0.6) is 11.5 Å². The van der Waals surface area contributed by atoms with Gasteiger partial charge in [0.05, 0.1) is 12.8 Å². The van der Waals surface area contributed by atoms with E-state index in [1.54, 1.807) is 36.4 Å². The third kappa shape index (κ3) is 2.45. The molecule has 0 saturated carbocycles. The van der Waals surface area contributed by atoms with E-state index in [0.717, 1.165) is 11.1 Å². The molecule has 0 atom stereocenters. The molecule has 5 heteroatoms. The molecule has 1 aliphatic heterocycles. The number of methoxy groups -OCH3 is 1. The molecule has 1 amide bonds. The van der Waals surface area contributed by atoms with E-state index in [2.05, 4.69) is 5.32 Å². The summed E-state index contributed by atoms with van der Waals surface area (Å²) in [4.78, 5) is 12.1. The first kappa shape index (κ1) is 13.5. The Balaban J connectivity index is 2.06. The Hall–Kier alpha value is -2.46. The molecule has 0 spiro atoms. The second kappa shape index (κ2) is 5.14. The molecule has 21 heavy (non-hydrogen) atoms. The Morgan fingerprint density at radius 2 is 2.05 bits per heavy atom. The summed E-state index contributed by atoms with van der Waals surface area (Å²) in [6.45, 7) is 0. The largest absolute Gasteiger partial charge is 0.504 e. The molecule has 1 heterocycles. The van der Waals surface area contributed by atoms with Gasteiger partial charge < -0.3 is 15.2 Å². The fourth-order valence-corrected chi connectivity index (χ4v) is 2.43. The maximum Gasteiger partial charge on any atom is 0.256 e. The Bertz CT molecular complexity index is 768. The average molecular weight is 302 g/mol. The zero-order valence-electron chi connectivity index (χ0n) is 11.2. The summed E-state index contributed by atoms with van der Waals surface area (Å²) in [5.41, 5.74) is 2.81. The maximum atomic E-state index is 12.1. The van der Waals surface area contributed by atoms with Crippen LogP contribution in [0.3, 0.4) is 0 Å². The van der Waals surface area contributed by atoms with Gasteiger partial charge in [0.2, 0.25) is 0 Å². The molecular formula is C16H12ClNO3. The molecule has 0 saturated heterocycles. The number of nitrogens with one attached hydrogen (secondary N) is 1. The zero-order chi connectivity index (χ0) is 15.0. The highest BCUT2D eigenvalue weighted by Gasteiger charge is 2.24. The number of anilines is 1. The fraction of sp³-hybridized carbons (Fsp3) is 0.0625. The SMILES string of the molecule is COc1cc(/C=C2\C(=O)Nc3cc(Cl)ccc32)ccc1O. The molecule has 2 N–H and O–H groups in total. The molecule has 106 valence electrons. The minimum Gasteiger partial charge on any atom is -0.504 e. The Kier molecular flexibility index (Phi) is 3.31. The van der Waals surface area contributed by atoms with E-state index in [9.17, 15) is 9.90 Å². The van der Waals surface area contributed by atoms with Gasteiger partial charge in [-0.3, -0.25) is 4.79 Å². The van der Waals surface area contributed by atoms with Crippen LogP contribution >= 0.6 is 11.6 Å². The lowest BCUT2D eigenvalue weighted by Gasteiger charge is -2.04. The highest BCUT2D eigenvalue weighted by Crippen LogP contribution is 2.36. The second-order valence-electron chi connectivity index (χ2n) is 4.63. The minimum atomic E-state index is -0.181. The third-order valence-electron chi connectivity index (χ3n) is 3.28. The summed E-state index contributed by atoms with van der Waals surface area (Å²) in [6.07, 6.45) is 1.75. The summed E-state index contributed by atoms with van der Waals surface area (Å²) in [5.74, 6) is 0.237. The molecule has 2 aromatic rings. The molecule has 4 nitrogen and oxygen atoms in total. The first-order valence-electron chi connectivity index (χ1n) is 6.28. The summed E-state index contributed by atoms with van der Waals surface area (Å²) in [7, 11) is 1.48. The fourth-order valence-electron chi connectivity index (χ4n) is 2.26. The second-order valence-corrected chi connectivity index (χ2v) is 5.07. The maximum absolute atomic E-state index is 12.1. The molecule has 2 aromatic carbocycles. The number of carbonyl (C=O) groups excluding carboxylic acids is 1. The standard InChI is InChI=1S/C16H12ClNO3/c1-21-15-7-9(2-5-14(15)19)6-12-11-4-3-10(17)8-13(11)18-16(12)20/h2-8,19H,1H3,(H,18,20)/b12-6-. The van der Waals surface area contributed by atoms with E-state index in [0.29, 0.717) is 22.0 Å². The van der Waals surface area contributed by atoms with E-state index in [1.807, 2.05) is 0 Å². The van der Waals surface area contributed by atoms with Gasteiger partial charge in [-0.15, -0.1) is 0 Å². The van der Waals surface area contributed by atoms with Crippen molar-refractivity contribution in [1.29, 1.82) is 0 Å². The number of rotatable bonds is 2. The number of carbonyl (C=O) groups is 1. The van der Waals surface area contributed by atoms with Crippen LogP contribution in [0.2, 0.25) is 5.02 Å². The van der Waals surface area contributed by atoms with Gasteiger partial charge in [0.1, 0.15) is 0 Å². The normalized spacial score (nSPS) is 15.0. The smallest absolute Gasteiger partial charge is 0.256 e. The number of ether oxygens (including phenoxy) is 1. The number of phenols is 1. The van der Waals surface area contributed by atoms with Gasteiger partial charge in [0, 0.05) is 16.2 Å². The lowest BCUT2D eigenvalue weighted by molar-refractivity contribution is -0.110. The van der Waals surface area contributed by atoms with Crippen LogP contribution in [-0.2, 0) is 4.79 Å². The number of phenolic OH excluding ortho intramolecular Hbond substituents is 1. The van der Waals surface area contributed by atoms with Gasteiger partial charge in [0.25, 0.3) is 5.91 Å². The molecule has 0 fully saturated rings. The van der Waals surface area contributed by atoms with Crippen molar-refractivity contribution in [2.24, 2.45) is 0 Å². The first-order valence-corrected chi connectivity index (χ1v) is 6.66. The number of amides is 1. The van der Waals surface area contributed by atoms with E-state index in [1.165, 1.54) is 13.2 Å². The van der Waals surface area contributed by atoms with Crippen molar-refractivity contribution in [3.63, 3.8) is 0 Å². The van der Waals surface area contributed by atoms with Crippen molar-refractivity contribution in [3.8, 4) is 11.5 Å². The van der Waals surface area contributed by atoms with Crippen molar-refractivity contribution in [1.82, 2.24) is 0 Å². The highest BCUT2D eigenvalue weighted by atomic mass is 35.5. The monoisotopic (exact) mass is 301 g/mol. The zero-order valence-corrected chi connectivity index (χ0v) is 11.9. The van der Waals surface area contributed by atoms with Gasteiger partial charge >= 0.3 is 0 Å². The van der Waals surface area contributed by atoms with Crippen LogP contribution in [-0.4, -0.2) is 18.1 Å². The van der Waals surface area contributed by atoms with Crippen LogP contribution in [0.1, 0.15) is 11.1 Å². The van der Waals surface area contributed by atoms with Crippen LogP contribution in [0.15, 0.2) is 36.4 Å². The lowest BCUT2D eigenvalue weighted by Crippen LogP contribution is -2.03. The average Bonchev–Trinajstić information content (AvgIpc) is 2.76. The topological polar surface area (TPSA) is 58.6 Å². The lowest BCUT2D eigenvalue weighted by atomic mass is 10.0. The van der Waals surface area contributed by atoms with Crippen molar-refractivity contribution >= 4 is 34.8 Å². The number of halogens is 1. The van der Waals surface area contributed by atoms with Crippen LogP contribution in [0.25, 0.3) is 11.6 Å². The van der Waals surface area contributed by atoms with Crippen LogP contribution in [0.4, 0.5) is 5.69 Å². The van der Waals surface area contributed by atoms with E-state index in [4.69, 9.17) is 16.3 Å². The number of fused-ring (bicyclic) bond motifs is 1. The molecule has 0 bridgehead atoms. The summed E-state index contributed by atoms with van der Waals surface area (Å²) < 4.78 is 5.06. The van der Waals surface area contributed by atoms with Gasteiger partial charge in [-0.1, -0.05) is 23.7 Å². The van der Waals surface area contributed by atoms with Crippen molar-refractivity contribution in [2.45, 2.75) is 0 Å². The summed E-state index contributed by atoms with van der Waals surface area (Å²) >= 11 is 5.92. The predicted molar refractivity (Wildman–Crippen MR) is 82.6 cm³/mol. The van der Waals surface area contributed by atoms with Gasteiger partial charge in [-0.2, -0.15) is 0 Å². The van der Waals surface area contributed by atoms with Crippen molar-refractivity contribution in [3.05, 3.63) is 52.5 Å². The Labute approximate surface area is 126 Å². The number of benzene rings is 2. The predicted octanol–water partition coefficient (Wildman–Crippen LogP) is 3.55. The third-order valence-corrected chi connectivity index (χ3v) is 3.51. The summed E-state index contributed by atoms with van der Waals surface area (Å²) in [5, 5.41) is 12.9. The van der Waals surface area contributed by atoms with E-state index in [-0.39, 0.29) is 11.7 Å². The molecule has 0 unspecified atom stereocenters. The first-order chi connectivity index (χ1) is 10.1. The van der Waals surface area contributed by atoms with Gasteiger partial charge in [0.15, 0.2) is 11.5 Å². The highest BCUT2D eigenvalue weighted by molar-refractivity contribution is 6.36. The van der Waals surface area contributed by atoms with Gasteiger partial charge in [-0.25, -0.2) is 0 Å². The molecule has 0 aromatic heterocycles. The molecule has 0 aliphatic carbocycles. The van der Waals surface area contributed by atoms with E-state index >= 15 is 0 Å². The minimum absolute atomic E-state index is 0.0581. The number of hydrogen-bond acceptors (Lipinski definition) is 3. The molecular weight excluding hydrogens is 290 g/mol. The molecule has 3 rings (SSSR count). The van der Waals surface area contributed by atoms with E-state index < -0.39 is 0 Å². The molecule has 1 aliphatic rings. The number of hydrogen-bond donors (Lipinski definition) is 2. The van der Waals surface area contributed by atoms with Crippen LogP contribution < -0.4 is 10.1 Å². The summed E-state index contributed by atoms with van der Waals surface area (Å²) in [6, 6.07) is 10.2. The quantitative estimate of drug-likeness (QED) is 0.834. The van der Waals surface area contributed by atoms with Crippen LogP contribution in [0, 0.1) is 0 Å². The van der Waals surface area contributed by atoms with Gasteiger partial charge in [-0.05, 0) is 35.9 Å². The number of aromatic hydroxyl groups is 1. The van der Waals surface area contributed by atoms with Crippen molar-refractivity contribution in [2.75, 3.05) is 12.4 Å².